The molecule has 4 amide bonds. The molecule has 3 rings (SSSR count). The summed E-state index contributed by atoms with van der Waals surface area (Å²) in [5.41, 5.74) is -0.436. The Morgan fingerprint density at radius 1 is 1.02 bits per heavy atom. The van der Waals surface area contributed by atoms with Crippen LogP contribution in [0.3, 0.4) is 0 Å². The van der Waals surface area contributed by atoms with E-state index in [-0.39, 0.29) is 18.0 Å². The van der Waals surface area contributed by atoms with Crippen LogP contribution in [0.2, 0.25) is 0 Å². The van der Waals surface area contributed by atoms with Crippen LogP contribution in [0.25, 0.3) is 6.08 Å². The predicted molar refractivity (Wildman–Crippen MR) is 182 cm³/mol. The van der Waals surface area contributed by atoms with Gasteiger partial charge in [0.25, 0.3) is 21.9 Å². The van der Waals surface area contributed by atoms with Crippen molar-refractivity contribution in [3.05, 3.63) is 42.0 Å². The number of ketones is 1. The topological polar surface area (TPSA) is 310 Å². The van der Waals surface area contributed by atoms with E-state index in [1.54, 1.807) is 20.8 Å². The molecule has 0 saturated carbocycles. The highest BCUT2D eigenvalue weighted by atomic mass is 32.2. The van der Waals surface area contributed by atoms with Crippen LogP contribution in [-0.4, -0.2) is 136 Å². The molecule has 2 aliphatic rings. The minimum atomic E-state index is -4.79. The summed E-state index contributed by atoms with van der Waals surface area (Å²) in [4.78, 5) is 86.1. The normalized spacial score (nSPS) is 22.2. The molecule has 1 fully saturated rings. The lowest BCUT2D eigenvalue weighted by Gasteiger charge is -2.38. The highest BCUT2D eigenvalue weighted by molar-refractivity contribution is 7.85. The highest BCUT2D eigenvalue weighted by Crippen LogP contribution is 2.31. The molecule has 0 aromatic heterocycles. The summed E-state index contributed by atoms with van der Waals surface area (Å²) in [6, 6.07) is 4.12. The average molecular weight is 784 g/mol. The zero-order chi connectivity index (χ0) is 40.5. The number of benzene rings is 1. The van der Waals surface area contributed by atoms with Crippen molar-refractivity contribution < 1.29 is 81.2 Å². The van der Waals surface area contributed by atoms with E-state index in [0.717, 1.165) is 12.2 Å². The van der Waals surface area contributed by atoms with Crippen LogP contribution in [0, 0.1) is 11.3 Å². The average Bonchev–Trinajstić information content (AvgIpc) is 3.38. The molecular formula is C33H41N3O17S. The monoisotopic (exact) mass is 783 g/mol. The Morgan fingerprint density at radius 2 is 1.67 bits per heavy atom. The molecule has 54 heavy (non-hydrogen) atoms. The van der Waals surface area contributed by atoms with E-state index < -0.39 is 125 Å². The van der Waals surface area contributed by atoms with Gasteiger partial charge in [0.2, 0.25) is 18.1 Å². The second-order valence-electron chi connectivity index (χ2n) is 13.2. The summed E-state index contributed by atoms with van der Waals surface area (Å²) in [6.07, 6.45) is -6.17. The first-order valence-corrected chi connectivity index (χ1v) is 17.8. The van der Waals surface area contributed by atoms with Crippen LogP contribution in [0.1, 0.15) is 39.2 Å². The molecule has 20 nitrogen and oxygen atoms in total. The third-order valence-electron chi connectivity index (χ3n) is 7.71. The van der Waals surface area contributed by atoms with E-state index in [4.69, 9.17) is 14.2 Å². The number of esters is 1. The van der Waals surface area contributed by atoms with Crippen molar-refractivity contribution in [3.63, 3.8) is 0 Å². The number of amides is 4. The number of rotatable bonds is 17. The van der Waals surface area contributed by atoms with Gasteiger partial charge in [-0.25, -0.2) is 4.79 Å². The Balaban J connectivity index is 1.73. The number of aliphatic carboxylic acids is 1. The van der Waals surface area contributed by atoms with E-state index >= 15 is 0 Å². The molecular weight excluding hydrogens is 742 g/mol. The van der Waals surface area contributed by atoms with Gasteiger partial charge in [0, 0.05) is 31.5 Å². The summed E-state index contributed by atoms with van der Waals surface area (Å²) in [7, 11) is -4.79. The number of nitrogens with zero attached hydrogens (tertiary/aromatic N) is 1. The summed E-state index contributed by atoms with van der Waals surface area (Å²) in [5.74, 6) is -9.44. The Labute approximate surface area is 308 Å². The first-order valence-electron chi connectivity index (χ1n) is 16.2. The fourth-order valence-electron chi connectivity index (χ4n) is 4.89. The fourth-order valence-corrected chi connectivity index (χ4v) is 5.67. The fraction of sp³-hybridized carbons (Fsp3) is 0.485. The van der Waals surface area contributed by atoms with Crippen molar-refractivity contribution in [2.24, 2.45) is 11.3 Å². The number of hydrogen-bond acceptors (Lipinski definition) is 15. The number of carbonyl (C=O) groups is 7. The van der Waals surface area contributed by atoms with Crippen molar-refractivity contribution in [1.29, 1.82) is 0 Å². The standard InChI is InChI=1S/C33H41N3O17S/c1-33(2,3)32(47)51-12-4-5-17-6-7-21(52-31-27(43)25(41)26(42)28(53-31)30(45)46)20(13-17)35-22(38)10-11-34-29(44)18(16-54(48,49)50)14-19(37)15-36-23(39)8-9-24(36)40/h4-9,13,18,25-28,31,41-43H,10-12,14-16H2,1-3H3,(H,34,44)(H,35,38)(H,45,46)(H,48,49,50)/b5-4+/t18-,25-,26-,27+,28-,31+/m0/s1. The van der Waals surface area contributed by atoms with Crippen LogP contribution in [0.15, 0.2) is 36.4 Å². The van der Waals surface area contributed by atoms with Crippen LogP contribution in [0.4, 0.5) is 5.69 Å². The van der Waals surface area contributed by atoms with Gasteiger partial charge in [-0.3, -0.25) is 38.2 Å². The minimum absolute atomic E-state index is 0.0983. The molecule has 0 unspecified atom stereocenters. The number of hydrogen-bond donors (Lipinski definition) is 7. The Hall–Kier alpha value is -5.06. The molecule has 21 heteroatoms. The van der Waals surface area contributed by atoms with Crippen LogP contribution in [0.5, 0.6) is 5.75 Å². The molecule has 2 aliphatic heterocycles. The minimum Gasteiger partial charge on any atom is -0.479 e. The van der Waals surface area contributed by atoms with E-state index in [0.29, 0.717) is 10.5 Å². The van der Waals surface area contributed by atoms with Crippen LogP contribution < -0.4 is 15.4 Å². The summed E-state index contributed by atoms with van der Waals surface area (Å²) < 4.78 is 48.5. The third kappa shape index (κ3) is 12.5. The maximum atomic E-state index is 13.0. The molecule has 0 bridgehead atoms. The molecule has 0 spiro atoms. The molecule has 1 aromatic carbocycles. The molecule has 1 aromatic rings. The van der Waals surface area contributed by atoms with Gasteiger partial charge in [-0.1, -0.05) is 12.1 Å². The Kier molecular flexibility index (Phi) is 14.7. The number of Topliss-reactive ketones (excluding diaryl/α,β-unsaturated/α-hetero) is 1. The van der Waals surface area contributed by atoms with Crippen molar-refractivity contribution in [3.8, 4) is 5.75 Å². The number of aliphatic hydroxyl groups excluding tert-OH is 3. The van der Waals surface area contributed by atoms with Gasteiger partial charge < -0.3 is 45.3 Å². The van der Waals surface area contributed by atoms with Crippen molar-refractivity contribution in [2.75, 3.05) is 30.8 Å². The zero-order valence-corrected chi connectivity index (χ0v) is 30.1. The summed E-state index contributed by atoms with van der Waals surface area (Å²) in [5, 5.41) is 44.8. The van der Waals surface area contributed by atoms with Gasteiger partial charge in [-0.05, 0) is 44.5 Å². The van der Waals surface area contributed by atoms with Crippen LogP contribution >= 0.6 is 0 Å². The van der Waals surface area contributed by atoms with Gasteiger partial charge in [-0.2, -0.15) is 8.42 Å². The molecule has 1 saturated heterocycles. The number of aliphatic hydroxyl groups is 3. The molecule has 0 aliphatic carbocycles. The lowest BCUT2D eigenvalue weighted by molar-refractivity contribution is -0.271. The largest absolute Gasteiger partial charge is 0.479 e. The van der Waals surface area contributed by atoms with Crippen molar-refractivity contribution in [2.45, 2.75) is 64.3 Å². The SMILES string of the molecule is CC(C)(C)C(=O)OC/C=C/c1ccc(O[C@@H]2O[C@H](C(=O)O)[C@@H](O)[C@H](O)[C@H]2O)c(NC(=O)CCNC(=O)[C@@H](CC(=O)CN2C(=O)C=CC2=O)CS(=O)(=O)O)c1. The Morgan fingerprint density at radius 3 is 2.26 bits per heavy atom. The predicted octanol–water partition coefficient (Wildman–Crippen LogP) is -1.61. The number of imide groups is 1. The number of ether oxygens (including phenoxy) is 3. The molecule has 2 heterocycles. The molecule has 296 valence electrons. The lowest BCUT2D eigenvalue weighted by Crippen LogP contribution is -2.61. The maximum Gasteiger partial charge on any atom is 0.335 e. The maximum absolute atomic E-state index is 13.0. The molecule has 0 radical (unpaired) electrons. The lowest BCUT2D eigenvalue weighted by atomic mass is 9.97. The quantitative estimate of drug-likeness (QED) is 0.0531. The molecule has 6 atom stereocenters. The Bertz CT molecular complexity index is 1780. The van der Waals surface area contributed by atoms with E-state index in [9.17, 15) is 67.0 Å². The number of carbonyl (C=O) groups excluding carboxylic acids is 6. The second kappa shape index (κ2) is 18.3. The van der Waals surface area contributed by atoms with Crippen LogP contribution in [-0.2, 0) is 53.2 Å². The van der Waals surface area contributed by atoms with E-state index in [2.05, 4.69) is 10.6 Å². The number of anilines is 1. The molecule has 7 N–H and O–H groups in total. The first kappa shape index (κ1) is 43.3. The third-order valence-corrected chi connectivity index (χ3v) is 8.53. The first-order chi connectivity index (χ1) is 25.1. The highest BCUT2D eigenvalue weighted by Gasteiger charge is 2.48. The number of carboxylic acids is 1. The van der Waals surface area contributed by atoms with E-state index in [1.807, 2.05) is 0 Å². The van der Waals surface area contributed by atoms with E-state index in [1.165, 1.54) is 30.4 Å². The van der Waals surface area contributed by atoms with Gasteiger partial charge in [0.1, 0.15) is 30.7 Å². The smallest absolute Gasteiger partial charge is 0.335 e. The zero-order valence-electron chi connectivity index (χ0n) is 29.2. The number of carboxylic acid groups (broad SMARTS) is 1. The van der Waals surface area contributed by atoms with Crippen molar-refractivity contribution >= 4 is 63.2 Å². The summed E-state index contributed by atoms with van der Waals surface area (Å²) in [6.45, 7) is 3.73. The van der Waals surface area contributed by atoms with Gasteiger partial charge in [0.15, 0.2) is 11.9 Å². The van der Waals surface area contributed by atoms with Gasteiger partial charge in [0.05, 0.1) is 29.3 Å². The summed E-state index contributed by atoms with van der Waals surface area (Å²) >= 11 is 0. The second-order valence-corrected chi connectivity index (χ2v) is 14.7. The number of nitrogens with one attached hydrogen (secondary N) is 2. The van der Waals surface area contributed by atoms with Crippen molar-refractivity contribution in [1.82, 2.24) is 10.2 Å². The van der Waals surface area contributed by atoms with Gasteiger partial charge >= 0.3 is 11.9 Å². The van der Waals surface area contributed by atoms with Gasteiger partial charge in [-0.15, -0.1) is 0 Å².